The summed E-state index contributed by atoms with van der Waals surface area (Å²) < 4.78 is 2.06. The van der Waals surface area contributed by atoms with Crippen LogP contribution in [-0.2, 0) is 6.54 Å². The Balaban J connectivity index is 1.99. The molecule has 0 aliphatic carbocycles. The second-order valence-electron chi connectivity index (χ2n) is 7.96. The summed E-state index contributed by atoms with van der Waals surface area (Å²) in [6.45, 7) is 8.32. The van der Waals surface area contributed by atoms with Gasteiger partial charge in [0.1, 0.15) is 5.75 Å². The first-order valence-corrected chi connectivity index (χ1v) is 10.5. The van der Waals surface area contributed by atoms with Gasteiger partial charge in [-0.2, -0.15) is 9.97 Å². The van der Waals surface area contributed by atoms with Gasteiger partial charge in [-0.3, -0.25) is 0 Å². The fourth-order valence-corrected chi connectivity index (χ4v) is 3.44. The predicted molar refractivity (Wildman–Crippen MR) is 120 cm³/mol. The van der Waals surface area contributed by atoms with Crippen LogP contribution in [0.25, 0.3) is 11.2 Å². The molecule has 3 rings (SSSR count). The van der Waals surface area contributed by atoms with Crippen molar-refractivity contribution >= 4 is 34.5 Å². The van der Waals surface area contributed by atoms with E-state index in [0.717, 1.165) is 18.5 Å². The Hall–Kier alpha value is -2.58. The fourth-order valence-electron chi connectivity index (χ4n) is 3.25. The number of phenols is 1. The van der Waals surface area contributed by atoms with Crippen LogP contribution in [0.1, 0.15) is 52.1 Å². The Kier molecular flexibility index (Phi) is 6.67. The smallest absolute Gasteiger partial charge is 0.226 e. The number of imidazole rings is 1. The Morgan fingerprint density at radius 3 is 2.57 bits per heavy atom. The largest absolute Gasteiger partial charge is 0.506 e. The van der Waals surface area contributed by atoms with Gasteiger partial charge in [0.2, 0.25) is 5.95 Å². The average molecular weight is 433 g/mol. The van der Waals surface area contributed by atoms with Gasteiger partial charge in [-0.25, -0.2) is 4.98 Å². The van der Waals surface area contributed by atoms with Gasteiger partial charge in [0.05, 0.1) is 17.0 Å². The molecule has 30 heavy (non-hydrogen) atoms. The van der Waals surface area contributed by atoms with Crippen LogP contribution in [0, 0.1) is 0 Å². The zero-order valence-electron chi connectivity index (χ0n) is 17.8. The third-order valence-corrected chi connectivity index (χ3v) is 5.26. The lowest BCUT2D eigenvalue weighted by molar-refractivity contribution is 0.0943. The molecule has 0 aliphatic heterocycles. The van der Waals surface area contributed by atoms with Gasteiger partial charge in [-0.05, 0) is 32.8 Å². The molecule has 2 aromatic heterocycles. The van der Waals surface area contributed by atoms with Crippen molar-refractivity contribution in [2.24, 2.45) is 0 Å². The van der Waals surface area contributed by atoms with Crippen molar-refractivity contribution in [3.63, 3.8) is 0 Å². The van der Waals surface area contributed by atoms with Gasteiger partial charge < -0.3 is 25.4 Å². The maximum Gasteiger partial charge on any atom is 0.226 e. The minimum atomic E-state index is -0.909. The number of benzene rings is 1. The Labute approximate surface area is 181 Å². The highest BCUT2D eigenvalue weighted by Gasteiger charge is 2.19. The molecule has 9 heteroatoms. The zero-order valence-corrected chi connectivity index (χ0v) is 18.5. The van der Waals surface area contributed by atoms with E-state index in [1.54, 1.807) is 38.4 Å². The Bertz CT molecular complexity index is 1010. The Morgan fingerprint density at radius 2 is 1.90 bits per heavy atom. The molecule has 3 aromatic rings. The van der Waals surface area contributed by atoms with Crippen LogP contribution in [0.15, 0.2) is 24.5 Å². The highest BCUT2D eigenvalue weighted by molar-refractivity contribution is 6.32. The van der Waals surface area contributed by atoms with Crippen LogP contribution in [0.3, 0.4) is 0 Å². The molecule has 1 aromatic carbocycles. The van der Waals surface area contributed by atoms with E-state index < -0.39 is 5.60 Å². The number of halogens is 1. The number of nitrogens with one attached hydrogen (secondary N) is 2. The lowest BCUT2D eigenvalue weighted by atomic mass is 10.1. The molecule has 0 fully saturated rings. The van der Waals surface area contributed by atoms with Crippen molar-refractivity contribution < 1.29 is 10.2 Å². The van der Waals surface area contributed by atoms with E-state index >= 15 is 0 Å². The van der Waals surface area contributed by atoms with Gasteiger partial charge >= 0.3 is 0 Å². The topological polar surface area (TPSA) is 108 Å². The van der Waals surface area contributed by atoms with Crippen molar-refractivity contribution in [3.8, 4) is 5.75 Å². The van der Waals surface area contributed by atoms with E-state index in [0.29, 0.717) is 41.0 Å². The van der Waals surface area contributed by atoms with Crippen LogP contribution in [0.2, 0.25) is 5.02 Å². The van der Waals surface area contributed by atoms with Crippen LogP contribution in [0.4, 0.5) is 11.8 Å². The SMILES string of the molecule is CCC(CC)n1cnc2c(NCc3cccc(Cl)c3O)nc(NCC(C)(C)O)nc21. The molecular weight excluding hydrogens is 404 g/mol. The third-order valence-electron chi connectivity index (χ3n) is 4.95. The molecule has 8 nitrogen and oxygen atoms in total. The fraction of sp³-hybridized carbons (Fsp3) is 0.476. The van der Waals surface area contributed by atoms with Gasteiger partial charge in [-0.15, -0.1) is 0 Å². The number of rotatable bonds is 9. The summed E-state index contributed by atoms with van der Waals surface area (Å²) in [5.41, 5.74) is 1.11. The number of phenolic OH excluding ortho intramolecular Hbond substituents is 1. The molecule has 4 N–H and O–H groups in total. The van der Waals surface area contributed by atoms with Gasteiger partial charge in [0, 0.05) is 24.7 Å². The molecular formula is C21H29ClN6O2. The van der Waals surface area contributed by atoms with Gasteiger partial charge in [0.15, 0.2) is 17.0 Å². The summed E-state index contributed by atoms with van der Waals surface area (Å²) in [6, 6.07) is 5.49. The Morgan fingerprint density at radius 1 is 1.17 bits per heavy atom. The van der Waals surface area contributed by atoms with Crippen molar-refractivity contribution in [3.05, 3.63) is 35.1 Å². The van der Waals surface area contributed by atoms with Crippen LogP contribution < -0.4 is 10.6 Å². The predicted octanol–water partition coefficient (Wildman–Crippen LogP) is 4.34. The minimum Gasteiger partial charge on any atom is -0.506 e. The molecule has 0 saturated heterocycles. The van der Waals surface area contributed by atoms with Crippen molar-refractivity contribution in [2.45, 2.75) is 58.7 Å². The van der Waals surface area contributed by atoms with Gasteiger partial charge in [0.25, 0.3) is 0 Å². The second-order valence-corrected chi connectivity index (χ2v) is 8.36. The summed E-state index contributed by atoms with van der Waals surface area (Å²) in [6.07, 6.45) is 3.70. The van der Waals surface area contributed by atoms with Crippen LogP contribution >= 0.6 is 11.6 Å². The first-order chi connectivity index (χ1) is 14.2. The highest BCUT2D eigenvalue weighted by atomic mass is 35.5. The molecule has 0 aliphatic rings. The highest BCUT2D eigenvalue weighted by Crippen LogP contribution is 2.29. The van der Waals surface area contributed by atoms with Gasteiger partial charge in [-0.1, -0.05) is 37.6 Å². The van der Waals surface area contributed by atoms with E-state index in [1.165, 1.54) is 0 Å². The molecule has 162 valence electrons. The lowest BCUT2D eigenvalue weighted by Gasteiger charge is -2.19. The lowest BCUT2D eigenvalue weighted by Crippen LogP contribution is -2.30. The summed E-state index contributed by atoms with van der Waals surface area (Å²) in [5, 5.41) is 26.9. The molecule has 0 amide bonds. The summed E-state index contributed by atoms with van der Waals surface area (Å²) >= 11 is 6.02. The van der Waals surface area contributed by atoms with Crippen LogP contribution in [0.5, 0.6) is 5.75 Å². The molecule has 0 spiro atoms. The number of nitrogens with zero attached hydrogens (tertiary/aromatic N) is 4. The number of hydrogen-bond donors (Lipinski definition) is 4. The summed E-state index contributed by atoms with van der Waals surface area (Å²) in [5.74, 6) is 0.984. The number of hydrogen-bond acceptors (Lipinski definition) is 7. The molecule has 0 radical (unpaired) electrons. The number of aromatic hydroxyl groups is 1. The number of fused-ring (bicyclic) bond motifs is 1. The minimum absolute atomic E-state index is 0.0416. The van der Waals surface area contributed by atoms with E-state index in [1.807, 2.05) is 0 Å². The zero-order chi connectivity index (χ0) is 21.9. The monoisotopic (exact) mass is 432 g/mol. The summed E-state index contributed by atoms with van der Waals surface area (Å²) in [7, 11) is 0. The first kappa shape index (κ1) is 22.1. The van der Waals surface area contributed by atoms with E-state index in [2.05, 4.69) is 44.0 Å². The van der Waals surface area contributed by atoms with Crippen molar-refractivity contribution in [1.29, 1.82) is 0 Å². The molecule has 2 heterocycles. The second kappa shape index (κ2) is 9.06. The van der Waals surface area contributed by atoms with Crippen LogP contribution in [-0.4, -0.2) is 41.9 Å². The first-order valence-electron chi connectivity index (χ1n) is 10.1. The van der Waals surface area contributed by atoms with E-state index in [-0.39, 0.29) is 11.8 Å². The van der Waals surface area contributed by atoms with Crippen molar-refractivity contribution in [2.75, 3.05) is 17.2 Å². The molecule has 0 unspecified atom stereocenters. The average Bonchev–Trinajstić information content (AvgIpc) is 3.12. The normalized spacial score (nSPS) is 12.0. The van der Waals surface area contributed by atoms with E-state index in [4.69, 9.17) is 11.6 Å². The van der Waals surface area contributed by atoms with E-state index in [9.17, 15) is 10.2 Å². The maximum atomic E-state index is 10.2. The molecule has 0 bridgehead atoms. The number of aliphatic hydroxyl groups is 1. The standard InChI is InChI=1S/C21H29ClN6O2/c1-5-14(6-2)28-12-25-16-18(23-10-13-8-7-9-15(22)17(13)29)26-20(27-19(16)28)24-11-21(3,4)30/h7-9,12,14,29-30H,5-6,10-11H2,1-4H3,(H2,23,24,26,27). The van der Waals surface area contributed by atoms with Crippen molar-refractivity contribution in [1.82, 2.24) is 19.5 Å². The number of anilines is 2. The third kappa shape index (κ3) is 4.94. The quantitative estimate of drug-likeness (QED) is 0.398. The maximum absolute atomic E-state index is 10.2. The molecule has 0 saturated carbocycles. The number of para-hydroxylation sites is 1. The summed E-state index contributed by atoms with van der Waals surface area (Å²) in [4.78, 5) is 13.8. The molecule has 0 atom stereocenters. The number of aromatic nitrogens is 4.